The number of thiophene rings is 1. The number of hydrogen-bond acceptors (Lipinski definition) is 4. The topological polar surface area (TPSA) is 29.5 Å². The Bertz CT molecular complexity index is 3450. The van der Waals surface area contributed by atoms with E-state index in [4.69, 9.17) is 8.83 Å². The molecule has 0 saturated heterocycles. The van der Waals surface area contributed by atoms with E-state index in [1.807, 2.05) is 23.5 Å². The highest BCUT2D eigenvalue weighted by Crippen LogP contribution is 2.46. The van der Waals surface area contributed by atoms with Crippen LogP contribution in [0, 0.1) is 0 Å². The smallest absolute Gasteiger partial charge is 0.143 e. The Kier molecular flexibility index (Phi) is 6.21. The lowest BCUT2D eigenvalue weighted by atomic mass is 9.98. The van der Waals surface area contributed by atoms with Gasteiger partial charge in [0.05, 0.1) is 0 Å². The zero-order valence-corrected chi connectivity index (χ0v) is 29.7. The summed E-state index contributed by atoms with van der Waals surface area (Å²) >= 11 is 1.83. The van der Waals surface area contributed by atoms with Gasteiger partial charge >= 0.3 is 0 Å². The summed E-state index contributed by atoms with van der Waals surface area (Å²) in [5.74, 6) is 0. The van der Waals surface area contributed by atoms with Crippen molar-refractivity contribution in [2.45, 2.75) is 0 Å². The zero-order valence-electron chi connectivity index (χ0n) is 28.9. The molecule has 12 aromatic rings. The Labute approximate surface area is 313 Å². The molecule has 3 aromatic heterocycles. The molecule has 12 rings (SSSR count). The van der Waals surface area contributed by atoms with Crippen molar-refractivity contribution in [1.82, 2.24) is 0 Å². The molecule has 0 aliphatic rings. The van der Waals surface area contributed by atoms with Gasteiger partial charge in [-0.1, -0.05) is 109 Å². The number of para-hydroxylation sites is 1. The van der Waals surface area contributed by atoms with Crippen LogP contribution in [0.4, 0.5) is 17.1 Å². The molecule has 54 heavy (non-hydrogen) atoms. The lowest BCUT2D eigenvalue weighted by Gasteiger charge is -2.26. The number of rotatable bonds is 4. The molecule has 0 saturated carbocycles. The molecule has 252 valence electrons. The zero-order chi connectivity index (χ0) is 35.3. The molecule has 0 N–H and O–H groups in total. The van der Waals surface area contributed by atoms with Crippen molar-refractivity contribution >= 4 is 114 Å². The quantitative estimate of drug-likeness (QED) is 0.182. The number of furan rings is 2. The van der Waals surface area contributed by atoms with E-state index in [-0.39, 0.29) is 0 Å². The van der Waals surface area contributed by atoms with Crippen LogP contribution in [0.25, 0.3) is 96.7 Å². The largest absolute Gasteiger partial charge is 0.456 e. The minimum Gasteiger partial charge on any atom is -0.456 e. The van der Waals surface area contributed by atoms with E-state index in [1.165, 1.54) is 52.8 Å². The van der Waals surface area contributed by atoms with Gasteiger partial charge < -0.3 is 13.7 Å². The first kappa shape index (κ1) is 29.7. The summed E-state index contributed by atoms with van der Waals surface area (Å²) in [6.45, 7) is 0. The molecular weight excluding hydrogens is 679 g/mol. The summed E-state index contributed by atoms with van der Waals surface area (Å²) in [4.78, 5) is 2.35. The molecule has 0 aliphatic heterocycles. The average molecular weight is 708 g/mol. The summed E-state index contributed by atoms with van der Waals surface area (Å²) in [6, 6.07) is 63.0. The number of benzene rings is 9. The standard InChI is InChI=1S/C50H29NO2S/c1-3-11-36-30(8-1)10-7-14-37(36)32-16-19-33(20-17-32)51(34-21-24-40-39-13-5-6-15-43(39)52-45(40)28-34)35-22-25-41-47(29-35)54-46-27-26-44-48(49(41)46)42-23-18-31-9-2-4-12-38(31)50(42)53-44/h1-29H. The van der Waals surface area contributed by atoms with E-state index >= 15 is 0 Å². The van der Waals surface area contributed by atoms with Crippen LogP contribution in [-0.4, -0.2) is 0 Å². The van der Waals surface area contributed by atoms with E-state index < -0.39 is 0 Å². The van der Waals surface area contributed by atoms with Crippen LogP contribution in [0.15, 0.2) is 185 Å². The summed E-state index contributed by atoms with van der Waals surface area (Å²) < 4.78 is 15.5. The van der Waals surface area contributed by atoms with E-state index in [1.54, 1.807) is 0 Å². The van der Waals surface area contributed by atoms with E-state index in [0.29, 0.717) is 0 Å². The normalized spacial score (nSPS) is 12.1. The first-order valence-corrected chi connectivity index (χ1v) is 19.1. The number of nitrogens with zero attached hydrogens (tertiary/aromatic N) is 1. The lowest BCUT2D eigenvalue weighted by Crippen LogP contribution is -2.09. The van der Waals surface area contributed by atoms with Gasteiger partial charge in [0, 0.05) is 70.2 Å². The van der Waals surface area contributed by atoms with Crippen molar-refractivity contribution in [3.63, 3.8) is 0 Å². The van der Waals surface area contributed by atoms with Crippen LogP contribution < -0.4 is 4.90 Å². The predicted octanol–water partition coefficient (Wildman–Crippen LogP) is 15.3. The summed E-state index contributed by atoms with van der Waals surface area (Å²) in [5.41, 5.74) is 9.25. The fourth-order valence-electron chi connectivity index (χ4n) is 8.56. The molecule has 0 fully saturated rings. The fraction of sp³-hybridized carbons (Fsp3) is 0. The molecule has 0 aliphatic carbocycles. The molecule has 3 heterocycles. The maximum absolute atomic E-state index is 6.58. The molecule has 0 unspecified atom stereocenters. The Morgan fingerprint density at radius 1 is 0.370 bits per heavy atom. The predicted molar refractivity (Wildman–Crippen MR) is 229 cm³/mol. The molecule has 0 atom stereocenters. The maximum atomic E-state index is 6.58. The second-order valence-electron chi connectivity index (χ2n) is 14.0. The maximum Gasteiger partial charge on any atom is 0.143 e. The summed E-state index contributed by atoms with van der Waals surface area (Å²) in [6.07, 6.45) is 0. The van der Waals surface area contributed by atoms with E-state index in [0.717, 1.165) is 60.9 Å². The highest BCUT2D eigenvalue weighted by Gasteiger charge is 2.20. The van der Waals surface area contributed by atoms with Crippen molar-refractivity contribution in [3.8, 4) is 11.1 Å². The Balaban J connectivity index is 1.05. The van der Waals surface area contributed by atoms with Crippen LogP contribution in [0.1, 0.15) is 0 Å². The molecular formula is C50H29NO2S. The third-order valence-corrected chi connectivity index (χ3v) is 12.2. The van der Waals surface area contributed by atoms with Gasteiger partial charge in [-0.05, 0) is 87.9 Å². The Morgan fingerprint density at radius 2 is 1.04 bits per heavy atom. The minimum absolute atomic E-state index is 0.871. The highest BCUT2D eigenvalue weighted by molar-refractivity contribution is 7.26. The van der Waals surface area contributed by atoms with E-state index in [2.05, 4.69) is 169 Å². The van der Waals surface area contributed by atoms with Crippen molar-refractivity contribution in [2.75, 3.05) is 4.90 Å². The van der Waals surface area contributed by atoms with Crippen molar-refractivity contribution in [2.24, 2.45) is 0 Å². The SMILES string of the molecule is c1ccc2c(-c3ccc(N(c4ccc5c(c4)oc4ccccc45)c4ccc5c(c4)sc4ccc6oc7c8ccccc8ccc7c6c45)cc3)cccc2c1. The molecule has 4 heteroatoms. The van der Waals surface area contributed by atoms with E-state index in [9.17, 15) is 0 Å². The second-order valence-corrected chi connectivity index (χ2v) is 15.1. The van der Waals surface area contributed by atoms with Gasteiger partial charge in [-0.25, -0.2) is 0 Å². The van der Waals surface area contributed by atoms with Gasteiger partial charge in [0.1, 0.15) is 22.3 Å². The van der Waals surface area contributed by atoms with Crippen molar-refractivity contribution < 1.29 is 8.83 Å². The van der Waals surface area contributed by atoms with Crippen LogP contribution in [-0.2, 0) is 0 Å². The average Bonchev–Trinajstić information content (AvgIpc) is 3.92. The first-order chi connectivity index (χ1) is 26.7. The molecule has 9 aromatic carbocycles. The van der Waals surface area contributed by atoms with Gasteiger partial charge in [0.25, 0.3) is 0 Å². The highest BCUT2D eigenvalue weighted by atomic mass is 32.1. The third-order valence-electron chi connectivity index (χ3n) is 11.0. The Hall–Kier alpha value is -6.88. The lowest BCUT2D eigenvalue weighted by molar-refractivity contribution is 0.669. The number of fused-ring (bicyclic) bond motifs is 13. The van der Waals surface area contributed by atoms with Crippen LogP contribution >= 0.6 is 11.3 Å². The summed E-state index contributed by atoms with van der Waals surface area (Å²) in [5, 5.41) is 11.9. The minimum atomic E-state index is 0.871. The molecule has 0 bridgehead atoms. The molecule has 3 nitrogen and oxygen atoms in total. The second kappa shape index (κ2) is 11.3. The van der Waals surface area contributed by atoms with Crippen LogP contribution in [0.2, 0.25) is 0 Å². The fourth-order valence-corrected chi connectivity index (χ4v) is 9.70. The van der Waals surface area contributed by atoms with Gasteiger partial charge in [-0.15, -0.1) is 11.3 Å². The monoisotopic (exact) mass is 707 g/mol. The van der Waals surface area contributed by atoms with Gasteiger partial charge in [0.2, 0.25) is 0 Å². The molecule has 0 amide bonds. The third kappa shape index (κ3) is 4.35. The van der Waals surface area contributed by atoms with Crippen molar-refractivity contribution in [1.29, 1.82) is 0 Å². The number of hydrogen-bond donors (Lipinski definition) is 0. The van der Waals surface area contributed by atoms with Crippen LogP contribution in [0.3, 0.4) is 0 Å². The molecule has 0 radical (unpaired) electrons. The first-order valence-electron chi connectivity index (χ1n) is 18.2. The summed E-state index contributed by atoms with van der Waals surface area (Å²) in [7, 11) is 0. The van der Waals surface area contributed by atoms with Gasteiger partial charge in [-0.3, -0.25) is 0 Å². The Morgan fingerprint density at radius 3 is 1.91 bits per heavy atom. The van der Waals surface area contributed by atoms with Gasteiger partial charge in [0.15, 0.2) is 0 Å². The molecule has 0 spiro atoms. The van der Waals surface area contributed by atoms with Crippen molar-refractivity contribution in [3.05, 3.63) is 176 Å². The number of anilines is 3. The van der Waals surface area contributed by atoms with Crippen LogP contribution in [0.5, 0.6) is 0 Å². The van der Waals surface area contributed by atoms with Gasteiger partial charge in [-0.2, -0.15) is 0 Å².